The predicted octanol–water partition coefficient (Wildman–Crippen LogP) is 1.31. The van der Waals surface area contributed by atoms with E-state index in [0.29, 0.717) is 5.82 Å². The lowest BCUT2D eigenvalue weighted by atomic mass is 9.95. The van der Waals surface area contributed by atoms with Gasteiger partial charge >= 0.3 is 6.18 Å². The summed E-state index contributed by atoms with van der Waals surface area (Å²) >= 11 is 0. The molecule has 0 spiro atoms. The van der Waals surface area contributed by atoms with Gasteiger partial charge in [-0.2, -0.15) is 13.2 Å². The normalized spacial score (nSPS) is 20.8. The smallest absolute Gasteiger partial charge is 0.332 e. The minimum atomic E-state index is -4.39. The second-order valence-corrected chi connectivity index (χ2v) is 5.88. The van der Waals surface area contributed by atoms with Crippen molar-refractivity contribution in [2.45, 2.75) is 44.8 Å². The maximum Gasteiger partial charge on any atom is 0.406 e. The number of carbonyl (C=O) groups is 1. The van der Waals surface area contributed by atoms with E-state index in [1.54, 1.807) is 0 Å². The zero-order valence-electron chi connectivity index (χ0n) is 11.5. The maximum absolute atomic E-state index is 12.4. The van der Waals surface area contributed by atoms with Gasteiger partial charge in [-0.05, 0) is 16.8 Å². The lowest BCUT2D eigenvalue weighted by Crippen LogP contribution is -2.37. The summed E-state index contributed by atoms with van der Waals surface area (Å²) in [6.45, 7) is 4.47. The van der Waals surface area contributed by atoms with Crippen molar-refractivity contribution in [1.82, 2.24) is 25.1 Å². The van der Waals surface area contributed by atoms with Crippen LogP contribution in [0.5, 0.6) is 0 Å². The molecule has 1 aromatic rings. The van der Waals surface area contributed by atoms with Crippen molar-refractivity contribution >= 4 is 5.91 Å². The molecule has 9 heteroatoms. The predicted molar refractivity (Wildman–Crippen MR) is 62.8 cm³/mol. The van der Waals surface area contributed by atoms with Crippen LogP contribution in [0.3, 0.4) is 0 Å². The number of hydrogen-bond donors (Lipinski definition) is 0. The number of alkyl halides is 3. The zero-order valence-corrected chi connectivity index (χ0v) is 11.5. The molecule has 1 aromatic heterocycles. The van der Waals surface area contributed by atoms with E-state index in [2.05, 4.69) is 15.5 Å². The third kappa shape index (κ3) is 2.91. The van der Waals surface area contributed by atoms with Crippen LogP contribution in [0.2, 0.25) is 0 Å². The minimum absolute atomic E-state index is 0.0620. The second kappa shape index (κ2) is 4.71. The van der Waals surface area contributed by atoms with Crippen LogP contribution in [-0.2, 0) is 10.2 Å². The molecule has 1 fully saturated rings. The molecule has 1 aliphatic rings. The molecular formula is C11H16F3N5O. The fourth-order valence-electron chi connectivity index (χ4n) is 2.22. The van der Waals surface area contributed by atoms with Crippen LogP contribution in [-0.4, -0.2) is 50.3 Å². The van der Waals surface area contributed by atoms with Gasteiger partial charge in [0.1, 0.15) is 12.6 Å². The summed E-state index contributed by atoms with van der Waals surface area (Å²) in [4.78, 5) is 12.9. The van der Waals surface area contributed by atoms with Crippen LogP contribution in [0, 0.1) is 0 Å². The van der Waals surface area contributed by atoms with Crippen molar-refractivity contribution in [1.29, 1.82) is 0 Å². The van der Waals surface area contributed by atoms with Gasteiger partial charge in [0.2, 0.25) is 5.91 Å². The molecule has 2 rings (SSSR count). The molecule has 2 heterocycles. The number of rotatable bonds is 2. The highest BCUT2D eigenvalue weighted by atomic mass is 19.4. The Morgan fingerprint density at radius 3 is 2.50 bits per heavy atom. The van der Waals surface area contributed by atoms with E-state index >= 15 is 0 Å². The van der Waals surface area contributed by atoms with Crippen molar-refractivity contribution in [3.8, 4) is 0 Å². The number of hydrogen-bond acceptors (Lipinski definition) is 4. The molecule has 1 unspecified atom stereocenters. The molecule has 0 radical (unpaired) electrons. The van der Waals surface area contributed by atoms with E-state index in [4.69, 9.17) is 0 Å². The Balaban J connectivity index is 2.20. The van der Waals surface area contributed by atoms with Crippen LogP contribution < -0.4 is 0 Å². The standard InChI is InChI=1S/C11H16F3N5O/c1-10(2,3)9-15-16-17-19(9)7-4-5-18(8(7)20)6-11(12,13)14/h7H,4-6H2,1-3H3. The maximum atomic E-state index is 12.4. The van der Waals surface area contributed by atoms with E-state index in [1.807, 2.05) is 20.8 Å². The van der Waals surface area contributed by atoms with Crippen LogP contribution in [0.1, 0.15) is 39.1 Å². The highest BCUT2D eigenvalue weighted by molar-refractivity contribution is 5.82. The minimum Gasteiger partial charge on any atom is -0.332 e. The van der Waals surface area contributed by atoms with Crippen LogP contribution in [0.15, 0.2) is 0 Å². The number of carbonyl (C=O) groups excluding carboxylic acids is 1. The number of nitrogens with zero attached hydrogens (tertiary/aromatic N) is 5. The van der Waals surface area contributed by atoms with Gasteiger partial charge < -0.3 is 4.90 Å². The van der Waals surface area contributed by atoms with Gasteiger partial charge in [-0.1, -0.05) is 20.8 Å². The Labute approximate surface area is 113 Å². The zero-order chi connectivity index (χ0) is 15.1. The number of aromatic nitrogens is 4. The van der Waals surface area contributed by atoms with E-state index in [9.17, 15) is 18.0 Å². The summed E-state index contributed by atoms with van der Waals surface area (Å²) in [6.07, 6.45) is -4.11. The average Bonchev–Trinajstić information content (AvgIpc) is 2.84. The van der Waals surface area contributed by atoms with Crippen molar-refractivity contribution in [3.05, 3.63) is 5.82 Å². The summed E-state index contributed by atoms with van der Waals surface area (Å²) < 4.78 is 38.5. The lowest BCUT2D eigenvalue weighted by molar-refractivity contribution is -0.158. The van der Waals surface area contributed by atoms with Gasteiger partial charge in [0.05, 0.1) is 0 Å². The lowest BCUT2D eigenvalue weighted by Gasteiger charge is -2.21. The first-order valence-electron chi connectivity index (χ1n) is 6.23. The molecule has 0 saturated carbocycles. The molecule has 1 saturated heterocycles. The molecular weight excluding hydrogens is 275 g/mol. The highest BCUT2D eigenvalue weighted by Gasteiger charge is 2.42. The SMILES string of the molecule is CC(C)(C)c1nnnn1C1CCN(CC(F)(F)F)C1=O. The largest absolute Gasteiger partial charge is 0.406 e. The van der Waals surface area contributed by atoms with E-state index in [1.165, 1.54) is 4.68 Å². The molecule has 1 atom stereocenters. The fraction of sp³-hybridized carbons (Fsp3) is 0.818. The molecule has 1 aliphatic heterocycles. The van der Waals surface area contributed by atoms with E-state index in [-0.39, 0.29) is 18.4 Å². The van der Waals surface area contributed by atoms with Gasteiger partial charge in [0.25, 0.3) is 0 Å². The molecule has 112 valence electrons. The fourth-order valence-corrected chi connectivity index (χ4v) is 2.22. The molecule has 0 N–H and O–H groups in total. The summed E-state index contributed by atoms with van der Waals surface area (Å²) in [5, 5.41) is 11.2. The Kier molecular flexibility index (Phi) is 3.47. The summed E-state index contributed by atoms with van der Waals surface area (Å²) in [5.41, 5.74) is -0.388. The van der Waals surface area contributed by atoms with Gasteiger partial charge in [0, 0.05) is 12.0 Å². The van der Waals surface area contributed by atoms with Crippen LogP contribution >= 0.6 is 0 Å². The van der Waals surface area contributed by atoms with Gasteiger partial charge in [-0.25, -0.2) is 4.68 Å². The van der Waals surface area contributed by atoms with Gasteiger partial charge in [-0.15, -0.1) is 5.10 Å². The van der Waals surface area contributed by atoms with E-state index < -0.39 is 24.7 Å². The second-order valence-electron chi connectivity index (χ2n) is 5.88. The number of halogens is 3. The monoisotopic (exact) mass is 291 g/mol. The van der Waals surface area contributed by atoms with Gasteiger partial charge in [-0.3, -0.25) is 4.79 Å². The first-order chi connectivity index (χ1) is 9.09. The third-order valence-corrected chi connectivity index (χ3v) is 3.10. The number of tetrazole rings is 1. The van der Waals surface area contributed by atoms with Crippen molar-refractivity contribution in [2.75, 3.05) is 13.1 Å². The Morgan fingerprint density at radius 1 is 1.30 bits per heavy atom. The van der Waals surface area contributed by atoms with Gasteiger partial charge in [0.15, 0.2) is 5.82 Å². The van der Waals surface area contributed by atoms with E-state index in [0.717, 1.165) is 4.90 Å². The van der Waals surface area contributed by atoms with Crippen LogP contribution in [0.4, 0.5) is 13.2 Å². The van der Waals surface area contributed by atoms with Crippen molar-refractivity contribution in [2.24, 2.45) is 0 Å². The van der Waals surface area contributed by atoms with Crippen molar-refractivity contribution < 1.29 is 18.0 Å². The first kappa shape index (κ1) is 14.7. The molecule has 20 heavy (non-hydrogen) atoms. The molecule has 0 bridgehead atoms. The Morgan fingerprint density at radius 2 is 1.95 bits per heavy atom. The number of amides is 1. The first-order valence-corrected chi connectivity index (χ1v) is 6.23. The summed E-state index contributed by atoms with van der Waals surface area (Å²) in [5.74, 6) is -0.0927. The molecule has 6 nitrogen and oxygen atoms in total. The summed E-state index contributed by atoms with van der Waals surface area (Å²) in [6, 6.07) is -0.749. The number of likely N-dealkylation sites (tertiary alicyclic amines) is 1. The van der Waals surface area contributed by atoms with Crippen LogP contribution in [0.25, 0.3) is 0 Å². The molecule has 0 aromatic carbocycles. The Hall–Kier alpha value is -1.67. The van der Waals surface area contributed by atoms with Crippen molar-refractivity contribution in [3.63, 3.8) is 0 Å². The quantitative estimate of drug-likeness (QED) is 0.824. The highest BCUT2D eigenvalue weighted by Crippen LogP contribution is 2.29. The molecule has 0 aliphatic carbocycles. The average molecular weight is 291 g/mol. The molecule has 1 amide bonds. The topological polar surface area (TPSA) is 63.9 Å². The third-order valence-electron chi connectivity index (χ3n) is 3.10. The summed E-state index contributed by atoms with van der Waals surface area (Å²) in [7, 11) is 0. The Bertz CT molecular complexity index is 505.